The van der Waals surface area contributed by atoms with Crippen LogP contribution in [0.4, 0.5) is 0 Å². The van der Waals surface area contributed by atoms with Crippen molar-refractivity contribution in [1.82, 2.24) is 0 Å². The highest BCUT2D eigenvalue weighted by molar-refractivity contribution is 5.18. The van der Waals surface area contributed by atoms with Crippen LogP contribution in [0.3, 0.4) is 0 Å². The first-order valence-corrected chi connectivity index (χ1v) is 7.42. The Morgan fingerprint density at radius 2 is 1.44 bits per heavy atom. The van der Waals surface area contributed by atoms with Crippen LogP contribution in [-0.2, 0) is 0 Å². The van der Waals surface area contributed by atoms with Crippen molar-refractivity contribution in [1.29, 1.82) is 0 Å². The molecule has 7 rings (SSSR count). The Balaban J connectivity index is 1.71. The second kappa shape index (κ2) is 2.53. The van der Waals surface area contributed by atoms with Gasteiger partial charge in [0.2, 0.25) is 0 Å². The zero-order valence-electron chi connectivity index (χ0n) is 9.94. The Kier molecular flexibility index (Phi) is 1.42. The average molecular weight is 218 g/mol. The van der Waals surface area contributed by atoms with Crippen LogP contribution in [0.25, 0.3) is 0 Å². The molecule has 0 heterocycles. The SMILES string of the molecule is OCC12CC3CC4C5CC(CC41)CC2C5C3. The number of hydrogen-bond donors (Lipinski definition) is 1. The molecule has 7 aliphatic rings. The minimum Gasteiger partial charge on any atom is -0.396 e. The standard InChI is InChI=1S/C15H22O/c16-7-15-6-9-2-11-10-1-8(4-13(11)15)5-14(15)12(10)3-9/h8-14,16H,1-7H2. The molecule has 8 bridgehead atoms. The van der Waals surface area contributed by atoms with E-state index in [2.05, 4.69) is 0 Å². The third-order valence-electron chi connectivity index (χ3n) is 7.56. The summed E-state index contributed by atoms with van der Waals surface area (Å²) in [6.45, 7) is 0.519. The molecule has 4 atom stereocenters. The number of aliphatic hydroxyl groups excluding tert-OH is 1. The molecular formula is C15H22O. The summed E-state index contributed by atoms with van der Waals surface area (Å²) >= 11 is 0. The fourth-order valence-electron chi connectivity index (χ4n) is 7.45. The van der Waals surface area contributed by atoms with Crippen LogP contribution in [0.15, 0.2) is 0 Å². The molecule has 1 N–H and O–H groups in total. The molecule has 1 heteroatoms. The maximum atomic E-state index is 10.0. The van der Waals surface area contributed by atoms with Gasteiger partial charge in [-0.25, -0.2) is 0 Å². The van der Waals surface area contributed by atoms with E-state index in [0.29, 0.717) is 12.0 Å². The molecule has 7 saturated carbocycles. The maximum Gasteiger partial charge on any atom is 0.0493 e. The molecule has 1 nitrogen and oxygen atoms in total. The van der Waals surface area contributed by atoms with Crippen molar-refractivity contribution in [2.24, 2.45) is 46.8 Å². The van der Waals surface area contributed by atoms with Gasteiger partial charge in [0, 0.05) is 6.61 Å². The normalized spacial score (nSPS) is 69.2. The van der Waals surface area contributed by atoms with Crippen LogP contribution in [0.5, 0.6) is 0 Å². The van der Waals surface area contributed by atoms with Gasteiger partial charge in [-0.15, -0.1) is 0 Å². The van der Waals surface area contributed by atoms with Crippen LogP contribution in [0.1, 0.15) is 38.5 Å². The van der Waals surface area contributed by atoms with Crippen molar-refractivity contribution in [2.75, 3.05) is 6.61 Å². The van der Waals surface area contributed by atoms with E-state index in [4.69, 9.17) is 0 Å². The van der Waals surface area contributed by atoms with Crippen molar-refractivity contribution < 1.29 is 5.11 Å². The Labute approximate surface area is 97.6 Å². The molecule has 16 heavy (non-hydrogen) atoms. The minimum atomic E-state index is 0.421. The van der Waals surface area contributed by atoms with Crippen LogP contribution in [-0.4, -0.2) is 11.7 Å². The summed E-state index contributed by atoms with van der Waals surface area (Å²) in [5.41, 5.74) is 0.421. The van der Waals surface area contributed by atoms with E-state index in [9.17, 15) is 5.11 Å². The van der Waals surface area contributed by atoms with Crippen molar-refractivity contribution in [2.45, 2.75) is 38.5 Å². The molecule has 0 amide bonds. The largest absolute Gasteiger partial charge is 0.396 e. The first-order valence-electron chi connectivity index (χ1n) is 7.42. The smallest absolute Gasteiger partial charge is 0.0493 e. The fraction of sp³-hybridized carbons (Fsp3) is 1.00. The van der Waals surface area contributed by atoms with E-state index in [1.54, 1.807) is 6.42 Å². The van der Waals surface area contributed by atoms with Crippen LogP contribution in [0, 0.1) is 46.8 Å². The van der Waals surface area contributed by atoms with E-state index >= 15 is 0 Å². The van der Waals surface area contributed by atoms with Gasteiger partial charge in [0.25, 0.3) is 0 Å². The van der Waals surface area contributed by atoms with Crippen LogP contribution in [0.2, 0.25) is 0 Å². The van der Waals surface area contributed by atoms with Gasteiger partial charge in [0.05, 0.1) is 0 Å². The number of rotatable bonds is 1. The Hall–Kier alpha value is -0.0400. The lowest BCUT2D eigenvalue weighted by Gasteiger charge is -2.74. The third-order valence-corrected chi connectivity index (χ3v) is 7.56. The van der Waals surface area contributed by atoms with Crippen molar-refractivity contribution in [3.05, 3.63) is 0 Å². The molecule has 0 aliphatic heterocycles. The predicted molar refractivity (Wildman–Crippen MR) is 61.7 cm³/mol. The van der Waals surface area contributed by atoms with E-state index in [-0.39, 0.29) is 0 Å². The quantitative estimate of drug-likeness (QED) is 0.717. The predicted octanol–water partition coefficient (Wildman–Crippen LogP) is 2.69. The van der Waals surface area contributed by atoms with Crippen LogP contribution < -0.4 is 0 Å². The maximum absolute atomic E-state index is 10.0. The average Bonchev–Trinajstić information content (AvgIpc) is 2.34. The summed E-state index contributed by atoms with van der Waals surface area (Å²) < 4.78 is 0. The molecule has 0 aromatic heterocycles. The molecule has 0 aromatic rings. The zero-order chi connectivity index (χ0) is 10.5. The van der Waals surface area contributed by atoms with Gasteiger partial charge in [-0.1, -0.05) is 0 Å². The minimum absolute atomic E-state index is 0.421. The third kappa shape index (κ3) is 0.749. The fourth-order valence-corrected chi connectivity index (χ4v) is 7.45. The Bertz CT molecular complexity index is 325. The lowest BCUT2D eigenvalue weighted by molar-refractivity contribution is -0.265. The summed E-state index contributed by atoms with van der Waals surface area (Å²) in [6, 6.07) is 0. The van der Waals surface area contributed by atoms with Gasteiger partial charge >= 0.3 is 0 Å². The molecule has 4 unspecified atom stereocenters. The molecule has 0 radical (unpaired) electrons. The topological polar surface area (TPSA) is 20.2 Å². The lowest BCUT2D eigenvalue weighted by Crippen LogP contribution is -2.68. The molecule has 0 spiro atoms. The Morgan fingerprint density at radius 3 is 2.06 bits per heavy atom. The van der Waals surface area contributed by atoms with Gasteiger partial charge in [-0.3, -0.25) is 0 Å². The summed E-state index contributed by atoms with van der Waals surface area (Å²) in [5, 5.41) is 10.0. The van der Waals surface area contributed by atoms with Gasteiger partial charge in [0.15, 0.2) is 0 Å². The van der Waals surface area contributed by atoms with Crippen molar-refractivity contribution in [3.8, 4) is 0 Å². The first-order chi connectivity index (χ1) is 7.82. The molecule has 88 valence electrons. The van der Waals surface area contributed by atoms with E-state index in [1.165, 1.54) is 32.1 Å². The van der Waals surface area contributed by atoms with Gasteiger partial charge in [-0.05, 0) is 85.4 Å². The summed E-state index contributed by atoms with van der Waals surface area (Å²) in [6.07, 6.45) is 9.00. The van der Waals surface area contributed by atoms with E-state index in [1.807, 2.05) is 0 Å². The molecule has 7 aliphatic carbocycles. The lowest BCUT2D eigenvalue weighted by atomic mass is 9.31. The summed E-state index contributed by atoms with van der Waals surface area (Å²) in [7, 11) is 0. The molecule has 7 fully saturated rings. The van der Waals surface area contributed by atoms with Crippen LogP contribution >= 0.6 is 0 Å². The first kappa shape index (κ1) is 8.97. The Morgan fingerprint density at radius 1 is 0.812 bits per heavy atom. The molecule has 0 saturated heterocycles. The second-order valence-electron chi connectivity index (χ2n) is 7.71. The van der Waals surface area contributed by atoms with E-state index in [0.717, 1.165) is 41.4 Å². The van der Waals surface area contributed by atoms with Gasteiger partial charge in [-0.2, -0.15) is 0 Å². The van der Waals surface area contributed by atoms with Gasteiger partial charge < -0.3 is 5.11 Å². The highest BCUT2D eigenvalue weighted by Gasteiger charge is 2.69. The molecular weight excluding hydrogens is 196 g/mol. The second-order valence-corrected chi connectivity index (χ2v) is 7.71. The summed E-state index contributed by atoms with van der Waals surface area (Å²) in [5.74, 6) is 7.11. The monoisotopic (exact) mass is 218 g/mol. The number of hydrogen-bond acceptors (Lipinski definition) is 1. The van der Waals surface area contributed by atoms with Crippen molar-refractivity contribution in [3.63, 3.8) is 0 Å². The summed E-state index contributed by atoms with van der Waals surface area (Å²) in [4.78, 5) is 0. The van der Waals surface area contributed by atoms with E-state index < -0.39 is 0 Å². The van der Waals surface area contributed by atoms with Crippen molar-refractivity contribution >= 4 is 0 Å². The number of aliphatic hydroxyl groups is 1. The highest BCUT2D eigenvalue weighted by Crippen LogP contribution is 2.75. The zero-order valence-corrected chi connectivity index (χ0v) is 9.94. The highest BCUT2D eigenvalue weighted by atomic mass is 16.3. The molecule has 0 aromatic carbocycles. The van der Waals surface area contributed by atoms with Gasteiger partial charge in [0.1, 0.15) is 0 Å².